The smallest absolute Gasteiger partial charge is 0.0462 e. The second-order valence-corrected chi connectivity index (χ2v) is 13.2. The molecule has 0 saturated carbocycles. The molecule has 232 valence electrons. The molecule has 0 atom stereocenters. The van der Waals surface area contributed by atoms with Crippen LogP contribution in [0.2, 0.25) is 0 Å². The zero-order chi connectivity index (χ0) is 32.2. The highest BCUT2D eigenvalue weighted by Crippen LogP contribution is 2.39. The summed E-state index contributed by atoms with van der Waals surface area (Å²) in [7, 11) is 0. The third-order valence-corrected chi connectivity index (χ3v) is 9.13. The fraction of sp³-hybridized carbons (Fsp3) is 0.227. The van der Waals surface area contributed by atoms with Crippen LogP contribution in [0, 0.1) is 13.8 Å². The van der Waals surface area contributed by atoms with Crippen molar-refractivity contribution in [3.63, 3.8) is 0 Å². The molecule has 46 heavy (non-hydrogen) atoms. The first kappa shape index (κ1) is 31.2. The van der Waals surface area contributed by atoms with E-state index in [2.05, 4.69) is 185 Å². The van der Waals surface area contributed by atoms with Crippen LogP contribution in [0.5, 0.6) is 0 Å². The third kappa shape index (κ3) is 6.87. The van der Waals surface area contributed by atoms with Crippen LogP contribution in [0.3, 0.4) is 0 Å². The van der Waals surface area contributed by atoms with E-state index in [-0.39, 0.29) is 0 Å². The molecule has 2 heteroatoms. The molecule has 0 N–H and O–H groups in total. The molecule has 0 aliphatic heterocycles. The van der Waals surface area contributed by atoms with Gasteiger partial charge < -0.3 is 9.80 Å². The highest BCUT2D eigenvalue weighted by molar-refractivity contribution is 5.79. The van der Waals surface area contributed by atoms with Gasteiger partial charge in [-0.1, -0.05) is 106 Å². The SMILES string of the molecule is Cc1ccc(N(C2=CC=C(c3ccc(N(c4ccc(C)cc4)c4ccc(C(C)C)cc4)cc3)CC2)c2ccc(C(C)C)cc2)cc1. The first-order valence-electron chi connectivity index (χ1n) is 16.7. The third-order valence-electron chi connectivity index (χ3n) is 9.13. The number of hydrogen-bond donors (Lipinski definition) is 0. The lowest BCUT2D eigenvalue weighted by atomic mass is 9.94. The number of allylic oxidation sites excluding steroid dienone is 4. The summed E-state index contributed by atoms with van der Waals surface area (Å²) < 4.78 is 0. The molecule has 0 radical (unpaired) electrons. The van der Waals surface area contributed by atoms with Gasteiger partial charge in [-0.25, -0.2) is 0 Å². The number of nitrogens with zero attached hydrogens (tertiary/aromatic N) is 2. The summed E-state index contributed by atoms with van der Waals surface area (Å²) in [5.74, 6) is 1.02. The van der Waals surface area contributed by atoms with E-state index in [9.17, 15) is 0 Å². The summed E-state index contributed by atoms with van der Waals surface area (Å²) in [6.45, 7) is 13.3. The summed E-state index contributed by atoms with van der Waals surface area (Å²) in [6, 6.07) is 44.9. The molecule has 0 amide bonds. The van der Waals surface area contributed by atoms with Gasteiger partial charge in [-0.3, -0.25) is 0 Å². The van der Waals surface area contributed by atoms with Crippen LogP contribution in [-0.4, -0.2) is 0 Å². The fourth-order valence-electron chi connectivity index (χ4n) is 6.21. The molecular formula is C44H46N2. The second kappa shape index (κ2) is 13.7. The molecule has 0 heterocycles. The Morgan fingerprint density at radius 2 is 0.783 bits per heavy atom. The molecule has 5 aromatic rings. The van der Waals surface area contributed by atoms with E-state index in [1.165, 1.54) is 56.1 Å². The second-order valence-electron chi connectivity index (χ2n) is 13.2. The van der Waals surface area contributed by atoms with E-state index in [0.717, 1.165) is 24.2 Å². The Kier molecular flexibility index (Phi) is 9.26. The quantitative estimate of drug-likeness (QED) is 0.166. The minimum Gasteiger partial charge on any atom is -0.314 e. The summed E-state index contributed by atoms with van der Waals surface area (Å²) >= 11 is 0. The lowest BCUT2D eigenvalue weighted by Crippen LogP contribution is -2.18. The predicted molar refractivity (Wildman–Crippen MR) is 199 cm³/mol. The molecule has 0 aromatic heterocycles. The van der Waals surface area contributed by atoms with Gasteiger partial charge in [0, 0.05) is 34.1 Å². The minimum atomic E-state index is 0.508. The van der Waals surface area contributed by atoms with Crippen molar-refractivity contribution in [2.75, 3.05) is 9.80 Å². The maximum Gasteiger partial charge on any atom is 0.0462 e. The maximum absolute atomic E-state index is 2.42. The van der Waals surface area contributed by atoms with Gasteiger partial charge in [0.15, 0.2) is 0 Å². The summed E-state index contributed by atoms with van der Waals surface area (Å²) in [5.41, 5.74) is 15.1. The molecule has 0 unspecified atom stereocenters. The van der Waals surface area contributed by atoms with Crippen LogP contribution >= 0.6 is 0 Å². The average molecular weight is 603 g/mol. The number of hydrogen-bond acceptors (Lipinski definition) is 2. The summed E-state index contributed by atoms with van der Waals surface area (Å²) in [5, 5.41) is 0. The lowest BCUT2D eigenvalue weighted by molar-refractivity contribution is 0.865. The van der Waals surface area contributed by atoms with Crippen molar-refractivity contribution < 1.29 is 0 Å². The Labute approximate surface area is 276 Å². The van der Waals surface area contributed by atoms with Crippen LogP contribution in [0.25, 0.3) is 5.57 Å². The first-order valence-corrected chi connectivity index (χ1v) is 16.7. The van der Waals surface area contributed by atoms with E-state index in [4.69, 9.17) is 0 Å². The normalized spacial score (nSPS) is 13.0. The lowest BCUT2D eigenvalue weighted by Gasteiger charge is -2.30. The predicted octanol–water partition coefficient (Wildman–Crippen LogP) is 12.9. The summed E-state index contributed by atoms with van der Waals surface area (Å²) in [6.07, 6.45) is 6.61. The van der Waals surface area contributed by atoms with Gasteiger partial charge in [-0.15, -0.1) is 0 Å². The minimum absolute atomic E-state index is 0.508. The Hall–Kier alpha value is -4.82. The molecule has 0 saturated heterocycles. The standard InChI is InChI=1S/C44H46N2/c1-31(2)35-11-23-41(24-12-35)45(39-19-7-33(5)8-20-39)43-27-15-37(16-28-43)38-17-29-44(30-18-38)46(40-21-9-34(6)10-22-40)42-25-13-36(14-26-42)32(3)4/h7-17,19-29,31-32H,18,30H2,1-6H3. The Balaban J connectivity index is 1.30. The number of rotatable bonds is 9. The van der Waals surface area contributed by atoms with Crippen molar-refractivity contribution in [1.29, 1.82) is 0 Å². The van der Waals surface area contributed by atoms with Gasteiger partial charge in [0.1, 0.15) is 0 Å². The van der Waals surface area contributed by atoms with Gasteiger partial charge in [0.25, 0.3) is 0 Å². The van der Waals surface area contributed by atoms with Crippen LogP contribution < -0.4 is 9.80 Å². The molecule has 0 fully saturated rings. The molecule has 5 aromatic carbocycles. The Morgan fingerprint density at radius 1 is 0.413 bits per heavy atom. The van der Waals surface area contributed by atoms with Gasteiger partial charge >= 0.3 is 0 Å². The van der Waals surface area contributed by atoms with E-state index in [1.807, 2.05) is 0 Å². The fourth-order valence-corrected chi connectivity index (χ4v) is 6.21. The van der Waals surface area contributed by atoms with Crippen LogP contribution in [0.15, 0.2) is 139 Å². The molecule has 2 nitrogen and oxygen atoms in total. The van der Waals surface area contributed by atoms with Crippen LogP contribution in [0.4, 0.5) is 28.4 Å². The zero-order valence-electron chi connectivity index (χ0n) is 28.2. The first-order chi connectivity index (χ1) is 22.3. The molecule has 0 bridgehead atoms. The van der Waals surface area contributed by atoms with Crippen molar-refractivity contribution >= 4 is 34.0 Å². The molecule has 1 aliphatic rings. The van der Waals surface area contributed by atoms with Gasteiger partial charge in [0.05, 0.1) is 0 Å². The summed E-state index contributed by atoms with van der Waals surface area (Å²) in [4.78, 5) is 4.77. The van der Waals surface area contributed by atoms with E-state index >= 15 is 0 Å². The van der Waals surface area contributed by atoms with Crippen molar-refractivity contribution in [3.8, 4) is 0 Å². The maximum atomic E-state index is 2.42. The largest absolute Gasteiger partial charge is 0.314 e. The van der Waals surface area contributed by atoms with Gasteiger partial charge in [-0.05, 0) is 128 Å². The Bertz CT molecular complexity index is 1800. The highest BCUT2D eigenvalue weighted by atomic mass is 15.2. The number of anilines is 5. The van der Waals surface area contributed by atoms with Gasteiger partial charge in [-0.2, -0.15) is 0 Å². The molecule has 6 rings (SSSR count). The van der Waals surface area contributed by atoms with Crippen molar-refractivity contribution in [1.82, 2.24) is 0 Å². The average Bonchev–Trinajstić information content (AvgIpc) is 3.08. The van der Waals surface area contributed by atoms with Crippen LogP contribution in [-0.2, 0) is 0 Å². The Morgan fingerprint density at radius 3 is 1.15 bits per heavy atom. The monoisotopic (exact) mass is 602 g/mol. The molecule has 1 aliphatic carbocycles. The molecular weight excluding hydrogens is 556 g/mol. The number of benzene rings is 5. The van der Waals surface area contributed by atoms with Crippen LogP contribution in [0.1, 0.15) is 80.2 Å². The number of aryl methyl sites for hydroxylation is 2. The van der Waals surface area contributed by atoms with E-state index < -0.39 is 0 Å². The van der Waals surface area contributed by atoms with Gasteiger partial charge in [0.2, 0.25) is 0 Å². The zero-order valence-corrected chi connectivity index (χ0v) is 28.2. The highest BCUT2D eigenvalue weighted by Gasteiger charge is 2.19. The van der Waals surface area contributed by atoms with Crippen molar-refractivity contribution in [3.05, 3.63) is 167 Å². The van der Waals surface area contributed by atoms with Crippen molar-refractivity contribution in [2.24, 2.45) is 0 Å². The molecule has 0 spiro atoms. The van der Waals surface area contributed by atoms with E-state index in [0.29, 0.717) is 11.8 Å². The van der Waals surface area contributed by atoms with E-state index in [1.54, 1.807) is 0 Å². The topological polar surface area (TPSA) is 6.48 Å². The van der Waals surface area contributed by atoms with Crippen molar-refractivity contribution in [2.45, 2.75) is 66.2 Å².